The van der Waals surface area contributed by atoms with Crippen molar-refractivity contribution < 1.29 is 14.2 Å². The van der Waals surface area contributed by atoms with Crippen molar-refractivity contribution in [2.75, 3.05) is 21.3 Å². The summed E-state index contributed by atoms with van der Waals surface area (Å²) in [5, 5.41) is 0. The van der Waals surface area contributed by atoms with Crippen LogP contribution in [0.25, 0.3) is 0 Å². The van der Waals surface area contributed by atoms with Gasteiger partial charge in [0.15, 0.2) is 0 Å². The zero-order valence-electron chi connectivity index (χ0n) is 16.3. The number of hydrogen-bond acceptors (Lipinski definition) is 3. The van der Waals surface area contributed by atoms with Gasteiger partial charge in [0, 0.05) is 27.2 Å². The molecule has 0 aliphatic carbocycles. The Morgan fingerprint density at radius 2 is 1.33 bits per heavy atom. The zero-order chi connectivity index (χ0) is 17.8. The van der Waals surface area contributed by atoms with Crippen molar-refractivity contribution in [2.24, 2.45) is 5.92 Å². The molecule has 0 saturated heterocycles. The van der Waals surface area contributed by atoms with E-state index in [1.807, 2.05) is 0 Å². The van der Waals surface area contributed by atoms with E-state index < -0.39 is 5.97 Å². The third-order valence-electron chi connectivity index (χ3n) is 4.92. The summed E-state index contributed by atoms with van der Waals surface area (Å²) < 4.78 is 16.9. The Morgan fingerprint density at radius 3 is 1.83 bits per heavy atom. The average molecular weight is 337 g/mol. The SMILES string of the molecule is CCCCCCCC(Cc1ccc(CC)cc1)C(OC)(OC)OC. The van der Waals surface area contributed by atoms with Crippen molar-refractivity contribution in [3.8, 4) is 0 Å². The lowest BCUT2D eigenvalue weighted by Crippen LogP contribution is -2.45. The van der Waals surface area contributed by atoms with Crippen molar-refractivity contribution >= 4 is 0 Å². The highest BCUT2D eigenvalue weighted by Crippen LogP contribution is 2.31. The van der Waals surface area contributed by atoms with E-state index in [1.165, 1.54) is 43.2 Å². The molecule has 24 heavy (non-hydrogen) atoms. The molecule has 3 nitrogen and oxygen atoms in total. The van der Waals surface area contributed by atoms with Crippen LogP contribution in [-0.4, -0.2) is 27.3 Å². The van der Waals surface area contributed by atoms with E-state index in [9.17, 15) is 0 Å². The minimum atomic E-state index is -0.964. The molecule has 1 aromatic rings. The molecule has 1 rings (SSSR count). The average Bonchev–Trinajstić information content (AvgIpc) is 2.63. The van der Waals surface area contributed by atoms with Crippen LogP contribution < -0.4 is 0 Å². The summed E-state index contributed by atoms with van der Waals surface area (Å²) in [5.41, 5.74) is 2.67. The lowest BCUT2D eigenvalue weighted by atomic mass is 9.90. The van der Waals surface area contributed by atoms with Crippen LogP contribution >= 0.6 is 0 Å². The highest BCUT2D eigenvalue weighted by atomic mass is 16.9. The highest BCUT2D eigenvalue weighted by Gasteiger charge is 2.39. The molecule has 1 unspecified atom stereocenters. The molecule has 0 radical (unpaired) electrons. The predicted octanol–water partition coefficient (Wildman–Crippen LogP) is 5.36. The van der Waals surface area contributed by atoms with E-state index in [2.05, 4.69) is 38.1 Å². The smallest absolute Gasteiger partial charge is 0.285 e. The van der Waals surface area contributed by atoms with Crippen LogP contribution in [0.2, 0.25) is 0 Å². The van der Waals surface area contributed by atoms with Crippen LogP contribution in [0.5, 0.6) is 0 Å². The first-order chi connectivity index (χ1) is 11.7. The summed E-state index contributed by atoms with van der Waals surface area (Å²) in [5.74, 6) is -0.791. The molecule has 138 valence electrons. The molecule has 0 N–H and O–H groups in total. The van der Waals surface area contributed by atoms with Crippen molar-refractivity contribution in [3.05, 3.63) is 35.4 Å². The number of ether oxygens (including phenoxy) is 3. The minimum Gasteiger partial charge on any atom is -0.331 e. The monoisotopic (exact) mass is 336 g/mol. The molecule has 0 aliphatic heterocycles. The number of hydrogen-bond donors (Lipinski definition) is 0. The summed E-state index contributed by atoms with van der Waals surface area (Å²) >= 11 is 0. The van der Waals surface area contributed by atoms with Crippen molar-refractivity contribution in [1.29, 1.82) is 0 Å². The van der Waals surface area contributed by atoms with Gasteiger partial charge in [-0.3, -0.25) is 0 Å². The lowest BCUT2D eigenvalue weighted by Gasteiger charge is -2.36. The molecule has 1 aromatic carbocycles. The van der Waals surface area contributed by atoms with Crippen LogP contribution in [0.3, 0.4) is 0 Å². The molecule has 0 bridgehead atoms. The van der Waals surface area contributed by atoms with E-state index in [0.29, 0.717) is 0 Å². The molecule has 0 saturated carbocycles. The second-order valence-electron chi connectivity index (χ2n) is 6.49. The number of rotatable bonds is 13. The second kappa shape index (κ2) is 11.6. The molecule has 0 fully saturated rings. The van der Waals surface area contributed by atoms with E-state index in [1.54, 1.807) is 21.3 Å². The fourth-order valence-corrected chi connectivity index (χ4v) is 3.34. The normalized spacial score (nSPS) is 13.2. The van der Waals surface area contributed by atoms with Gasteiger partial charge in [0.1, 0.15) is 0 Å². The Hall–Kier alpha value is -0.900. The van der Waals surface area contributed by atoms with E-state index in [0.717, 1.165) is 19.3 Å². The number of benzene rings is 1. The van der Waals surface area contributed by atoms with E-state index in [-0.39, 0.29) is 5.92 Å². The van der Waals surface area contributed by atoms with Gasteiger partial charge in [-0.2, -0.15) is 0 Å². The molecule has 0 spiro atoms. The third kappa shape index (κ3) is 6.19. The molecule has 0 amide bonds. The van der Waals surface area contributed by atoms with Gasteiger partial charge < -0.3 is 14.2 Å². The van der Waals surface area contributed by atoms with Gasteiger partial charge in [0.25, 0.3) is 5.97 Å². The summed E-state index contributed by atoms with van der Waals surface area (Å²) in [7, 11) is 4.99. The maximum absolute atomic E-state index is 5.65. The Balaban J connectivity index is 2.78. The fourth-order valence-electron chi connectivity index (χ4n) is 3.34. The Labute approximate surface area is 148 Å². The van der Waals surface area contributed by atoms with Crippen LogP contribution in [0.1, 0.15) is 63.5 Å². The number of methoxy groups -OCH3 is 3. The summed E-state index contributed by atoms with van der Waals surface area (Å²) in [6.45, 7) is 4.43. The van der Waals surface area contributed by atoms with Crippen LogP contribution in [-0.2, 0) is 27.1 Å². The molecule has 0 aromatic heterocycles. The maximum atomic E-state index is 5.65. The number of unbranched alkanes of at least 4 members (excludes halogenated alkanes) is 4. The Kier molecular flexibility index (Phi) is 10.2. The number of aryl methyl sites for hydroxylation is 1. The molecular weight excluding hydrogens is 300 g/mol. The van der Waals surface area contributed by atoms with Gasteiger partial charge >= 0.3 is 0 Å². The first-order valence-electron chi connectivity index (χ1n) is 9.38. The second-order valence-corrected chi connectivity index (χ2v) is 6.49. The van der Waals surface area contributed by atoms with Gasteiger partial charge in [-0.1, -0.05) is 70.2 Å². The summed E-state index contributed by atoms with van der Waals surface area (Å²) in [6, 6.07) is 8.85. The van der Waals surface area contributed by atoms with Gasteiger partial charge in [0.05, 0.1) is 0 Å². The Morgan fingerprint density at radius 1 is 0.792 bits per heavy atom. The van der Waals surface area contributed by atoms with Crippen LogP contribution in [0.4, 0.5) is 0 Å². The minimum absolute atomic E-state index is 0.173. The van der Waals surface area contributed by atoms with Gasteiger partial charge in [-0.05, 0) is 30.4 Å². The van der Waals surface area contributed by atoms with Crippen molar-refractivity contribution in [2.45, 2.75) is 71.2 Å². The van der Waals surface area contributed by atoms with Crippen molar-refractivity contribution in [1.82, 2.24) is 0 Å². The molecule has 0 heterocycles. The summed E-state index contributed by atoms with van der Waals surface area (Å²) in [6.07, 6.45) is 9.32. The Bertz CT molecular complexity index is 415. The zero-order valence-corrected chi connectivity index (χ0v) is 16.3. The largest absolute Gasteiger partial charge is 0.331 e. The third-order valence-corrected chi connectivity index (χ3v) is 4.92. The van der Waals surface area contributed by atoms with Gasteiger partial charge in [0.2, 0.25) is 0 Å². The maximum Gasteiger partial charge on any atom is 0.285 e. The fraction of sp³-hybridized carbons (Fsp3) is 0.714. The van der Waals surface area contributed by atoms with Crippen LogP contribution in [0, 0.1) is 5.92 Å². The van der Waals surface area contributed by atoms with Crippen LogP contribution in [0.15, 0.2) is 24.3 Å². The first kappa shape index (κ1) is 21.1. The van der Waals surface area contributed by atoms with Gasteiger partial charge in [-0.25, -0.2) is 0 Å². The van der Waals surface area contributed by atoms with E-state index >= 15 is 0 Å². The van der Waals surface area contributed by atoms with Gasteiger partial charge in [-0.15, -0.1) is 0 Å². The molecule has 0 aliphatic rings. The lowest BCUT2D eigenvalue weighted by molar-refractivity contribution is -0.379. The molecule has 3 heteroatoms. The quantitative estimate of drug-likeness (QED) is 0.358. The van der Waals surface area contributed by atoms with E-state index in [4.69, 9.17) is 14.2 Å². The van der Waals surface area contributed by atoms with Crippen molar-refractivity contribution in [3.63, 3.8) is 0 Å². The topological polar surface area (TPSA) is 27.7 Å². The standard InChI is InChI=1S/C21H36O3/c1-6-8-9-10-11-12-20(21(22-3,23-4)24-5)17-19-15-13-18(7-2)14-16-19/h13-16,20H,6-12,17H2,1-5H3. The molecule has 1 atom stereocenters. The highest BCUT2D eigenvalue weighted by molar-refractivity contribution is 5.23. The molecular formula is C21H36O3. The first-order valence-corrected chi connectivity index (χ1v) is 9.38. The summed E-state index contributed by atoms with van der Waals surface area (Å²) in [4.78, 5) is 0. The predicted molar refractivity (Wildman–Crippen MR) is 100 cm³/mol.